The Morgan fingerprint density at radius 3 is 2.63 bits per heavy atom. The molecule has 1 saturated heterocycles. The predicted molar refractivity (Wildman–Crippen MR) is 102 cm³/mol. The van der Waals surface area contributed by atoms with Crippen LogP contribution >= 0.6 is 0 Å². The lowest BCUT2D eigenvalue weighted by atomic mass is 10.1. The van der Waals surface area contributed by atoms with Gasteiger partial charge in [-0.1, -0.05) is 24.3 Å². The van der Waals surface area contributed by atoms with Crippen LogP contribution in [0.4, 0.5) is 4.79 Å². The van der Waals surface area contributed by atoms with E-state index in [0.29, 0.717) is 19.5 Å². The van der Waals surface area contributed by atoms with E-state index in [4.69, 9.17) is 4.74 Å². The van der Waals surface area contributed by atoms with E-state index in [9.17, 15) is 9.59 Å². The molecule has 27 heavy (non-hydrogen) atoms. The molecule has 2 amide bonds. The molecule has 1 aliphatic heterocycles. The molecule has 2 aromatic rings. The number of likely N-dealkylation sites (tertiary alicyclic amines) is 1. The molecule has 1 aromatic carbocycles. The summed E-state index contributed by atoms with van der Waals surface area (Å²) in [5.41, 5.74) is 2.41. The molecule has 0 aliphatic carbocycles. The summed E-state index contributed by atoms with van der Waals surface area (Å²) in [6.45, 7) is 6.43. The lowest BCUT2D eigenvalue weighted by Crippen LogP contribution is -2.47. The second-order valence-corrected chi connectivity index (χ2v) is 7.72. The normalized spacial score (nSPS) is 17.0. The fourth-order valence-corrected chi connectivity index (χ4v) is 3.10. The van der Waals surface area contributed by atoms with Gasteiger partial charge in [0, 0.05) is 19.3 Å². The number of carbonyl (C=O) groups excluding carboxylic acids is 2. The second-order valence-electron chi connectivity index (χ2n) is 7.72. The number of H-pyrrole nitrogens is 1. The van der Waals surface area contributed by atoms with Crippen LogP contribution < -0.4 is 5.32 Å². The van der Waals surface area contributed by atoms with Crippen molar-refractivity contribution in [2.75, 3.05) is 6.54 Å². The molecule has 1 aliphatic rings. The smallest absolute Gasteiger partial charge is 0.410 e. The zero-order chi connectivity index (χ0) is 19.4. The van der Waals surface area contributed by atoms with Crippen LogP contribution in [0, 0.1) is 0 Å². The van der Waals surface area contributed by atoms with Crippen molar-refractivity contribution < 1.29 is 14.3 Å². The molecule has 0 radical (unpaired) electrons. The topological polar surface area (TPSA) is 87.3 Å². The van der Waals surface area contributed by atoms with Gasteiger partial charge in [0.25, 0.3) is 0 Å². The first-order chi connectivity index (χ1) is 12.8. The lowest BCUT2D eigenvalue weighted by Gasteiger charge is -2.28. The summed E-state index contributed by atoms with van der Waals surface area (Å²) in [6, 6.07) is 9.34. The Hall–Kier alpha value is -2.83. The van der Waals surface area contributed by atoms with Gasteiger partial charge in [-0.15, -0.1) is 0 Å². The summed E-state index contributed by atoms with van der Waals surface area (Å²) < 4.78 is 5.41. The van der Waals surface area contributed by atoms with E-state index >= 15 is 0 Å². The molecule has 0 spiro atoms. The summed E-state index contributed by atoms with van der Waals surface area (Å²) in [7, 11) is 0. The van der Waals surface area contributed by atoms with Gasteiger partial charge < -0.3 is 10.1 Å². The Morgan fingerprint density at radius 1 is 1.26 bits per heavy atom. The summed E-state index contributed by atoms with van der Waals surface area (Å²) in [4.78, 5) is 26.4. The minimum absolute atomic E-state index is 0.143. The van der Waals surface area contributed by atoms with Crippen molar-refractivity contribution in [3.05, 3.63) is 42.1 Å². The highest BCUT2D eigenvalue weighted by molar-refractivity contribution is 5.86. The van der Waals surface area contributed by atoms with E-state index in [0.717, 1.165) is 23.2 Å². The largest absolute Gasteiger partial charge is 0.444 e. The Morgan fingerprint density at radius 2 is 2.00 bits per heavy atom. The molecule has 1 unspecified atom stereocenters. The first kappa shape index (κ1) is 18.9. The Bertz CT molecular complexity index is 779. The van der Waals surface area contributed by atoms with E-state index in [1.54, 1.807) is 6.20 Å². The number of rotatable bonds is 4. The van der Waals surface area contributed by atoms with Gasteiger partial charge in [0.15, 0.2) is 0 Å². The molecule has 0 saturated carbocycles. The van der Waals surface area contributed by atoms with Crippen molar-refractivity contribution in [3.8, 4) is 11.3 Å². The number of nitrogens with zero attached hydrogens (tertiary/aromatic N) is 2. The standard InChI is InChI=1S/C20H26N4O3/c1-20(2,3)27-19(26)24-12-4-5-17(24)18(25)21-13-14-6-8-15(9-7-14)16-10-11-22-23-16/h6-11,17H,4-5,12-13H2,1-3H3,(H,21,25)(H,22,23). The third kappa shape index (κ3) is 4.87. The maximum Gasteiger partial charge on any atom is 0.410 e. The van der Waals surface area contributed by atoms with Gasteiger partial charge in [-0.3, -0.25) is 14.8 Å². The Labute approximate surface area is 159 Å². The molecule has 3 rings (SSSR count). The number of hydrogen-bond donors (Lipinski definition) is 2. The van der Waals surface area contributed by atoms with Crippen molar-refractivity contribution in [2.45, 2.75) is 51.8 Å². The van der Waals surface area contributed by atoms with Crippen molar-refractivity contribution in [1.29, 1.82) is 0 Å². The molecule has 2 heterocycles. The third-order valence-corrected chi connectivity index (χ3v) is 4.42. The van der Waals surface area contributed by atoms with Gasteiger partial charge in [-0.25, -0.2) is 4.79 Å². The van der Waals surface area contributed by atoms with E-state index in [-0.39, 0.29) is 5.91 Å². The highest BCUT2D eigenvalue weighted by atomic mass is 16.6. The maximum atomic E-state index is 12.6. The highest BCUT2D eigenvalue weighted by Gasteiger charge is 2.36. The molecule has 144 valence electrons. The van der Waals surface area contributed by atoms with E-state index in [1.807, 2.05) is 51.1 Å². The molecule has 1 aromatic heterocycles. The molecular formula is C20H26N4O3. The quantitative estimate of drug-likeness (QED) is 0.866. The predicted octanol–water partition coefficient (Wildman–Crippen LogP) is 3.09. The maximum absolute atomic E-state index is 12.6. The number of nitrogens with one attached hydrogen (secondary N) is 2. The van der Waals surface area contributed by atoms with Crippen LogP contribution in [0.3, 0.4) is 0 Å². The minimum Gasteiger partial charge on any atom is -0.444 e. The molecule has 0 bridgehead atoms. The Balaban J connectivity index is 1.56. The zero-order valence-corrected chi connectivity index (χ0v) is 16.0. The van der Waals surface area contributed by atoms with Gasteiger partial charge in [0.1, 0.15) is 11.6 Å². The average Bonchev–Trinajstić information content (AvgIpc) is 3.30. The number of hydrogen-bond acceptors (Lipinski definition) is 4. The van der Waals surface area contributed by atoms with Crippen LogP contribution in [0.25, 0.3) is 11.3 Å². The molecule has 1 fully saturated rings. The zero-order valence-electron chi connectivity index (χ0n) is 16.0. The van der Waals surface area contributed by atoms with E-state index in [1.165, 1.54) is 4.90 Å². The van der Waals surface area contributed by atoms with Crippen molar-refractivity contribution in [1.82, 2.24) is 20.4 Å². The van der Waals surface area contributed by atoms with Crippen molar-refractivity contribution in [2.24, 2.45) is 0 Å². The minimum atomic E-state index is -0.572. The van der Waals surface area contributed by atoms with Crippen LogP contribution in [-0.4, -0.2) is 45.3 Å². The summed E-state index contributed by atoms with van der Waals surface area (Å²) in [6.07, 6.45) is 2.74. The molecule has 7 heteroatoms. The first-order valence-electron chi connectivity index (χ1n) is 9.19. The van der Waals surface area contributed by atoms with Gasteiger partial charge in [-0.2, -0.15) is 5.10 Å². The summed E-state index contributed by atoms with van der Waals surface area (Å²) in [5, 5.41) is 9.80. The second kappa shape index (κ2) is 7.82. The van der Waals surface area contributed by atoms with Gasteiger partial charge in [-0.05, 0) is 50.8 Å². The fraction of sp³-hybridized carbons (Fsp3) is 0.450. The van der Waals surface area contributed by atoms with Gasteiger partial charge in [0.2, 0.25) is 5.91 Å². The van der Waals surface area contributed by atoms with E-state index < -0.39 is 17.7 Å². The van der Waals surface area contributed by atoms with E-state index in [2.05, 4.69) is 15.5 Å². The van der Waals surface area contributed by atoms with Crippen molar-refractivity contribution in [3.63, 3.8) is 0 Å². The number of aromatic nitrogens is 2. The monoisotopic (exact) mass is 370 g/mol. The highest BCUT2D eigenvalue weighted by Crippen LogP contribution is 2.21. The van der Waals surface area contributed by atoms with Gasteiger partial charge in [0.05, 0.1) is 5.69 Å². The van der Waals surface area contributed by atoms with Crippen LogP contribution in [-0.2, 0) is 16.1 Å². The first-order valence-corrected chi connectivity index (χ1v) is 9.19. The van der Waals surface area contributed by atoms with Gasteiger partial charge >= 0.3 is 6.09 Å². The van der Waals surface area contributed by atoms with Crippen LogP contribution in [0.2, 0.25) is 0 Å². The molecule has 7 nitrogen and oxygen atoms in total. The SMILES string of the molecule is CC(C)(C)OC(=O)N1CCCC1C(=O)NCc1ccc(-c2ccn[nH]2)cc1. The lowest BCUT2D eigenvalue weighted by molar-refractivity contribution is -0.125. The third-order valence-electron chi connectivity index (χ3n) is 4.42. The average molecular weight is 370 g/mol. The van der Waals surface area contributed by atoms with Crippen LogP contribution in [0.5, 0.6) is 0 Å². The number of aromatic amines is 1. The molecular weight excluding hydrogens is 344 g/mol. The number of amides is 2. The summed E-state index contributed by atoms with van der Waals surface area (Å²) >= 11 is 0. The molecule has 2 N–H and O–H groups in total. The number of ether oxygens (including phenoxy) is 1. The van der Waals surface area contributed by atoms with Crippen molar-refractivity contribution >= 4 is 12.0 Å². The van der Waals surface area contributed by atoms with Crippen LogP contribution in [0.15, 0.2) is 36.5 Å². The number of benzene rings is 1. The van der Waals surface area contributed by atoms with Crippen LogP contribution in [0.1, 0.15) is 39.2 Å². The Kier molecular flexibility index (Phi) is 5.48. The summed E-state index contributed by atoms with van der Waals surface area (Å²) in [5.74, 6) is -0.143. The number of carbonyl (C=O) groups is 2. The molecule has 1 atom stereocenters. The fourth-order valence-electron chi connectivity index (χ4n) is 3.10.